The van der Waals surface area contributed by atoms with E-state index in [2.05, 4.69) is 20.9 Å². The number of anilines is 1. The molecule has 0 atom stereocenters. The number of hydrogen-bond donors (Lipinski definition) is 1. The average Bonchev–Trinajstić information content (AvgIpc) is 2.46. The number of aromatic nitrogens is 1. The lowest BCUT2D eigenvalue weighted by atomic mass is 10.1. The summed E-state index contributed by atoms with van der Waals surface area (Å²) in [5.41, 5.74) is 5.97. The molecule has 1 amide bonds. The number of hydrogen-bond acceptors (Lipinski definition) is 4. The van der Waals surface area contributed by atoms with Crippen molar-refractivity contribution in [3.8, 4) is 5.75 Å². The van der Waals surface area contributed by atoms with E-state index < -0.39 is 0 Å². The number of nitrogens with zero attached hydrogens (tertiary/aromatic N) is 2. The number of carbonyl (C=O) groups excluding carboxylic acids is 1. The smallest absolute Gasteiger partial charge is 0.255 e. The quantitative estimate of drug-likeness (QED) is 0.886. The summed E-state index contributed by atoms with van der Waals surface area (Å²) < 4.78 is 6.79. The summed E-state index contributed by atoms with van der Waals surface area (Å²) in [5, 5.41) is 0.286. The Bertz CT molecular complexity index is 702. The fraction of sp³-hybridized carbons (Fsp3) is 0.200. The van der Waals surface area contributed by atoms with Crippen molar-refractivity contribution in [2.24, 2.45) is 0 Å². The van der Waals surface area contributed by atoms with Gasteiger partial charge in [0.25, 0.3) is 5.91 Å². The van der Waals surface area contributed by atoms with Crippen molar-refractivity contribution >= 4 is 39.3 Å². The van der Waals surface area contributed by atoms with Gasteiger partial charge < -0.3 is 15.4 Å². The van der Waals surface area contributed by atoms with Gasteiger partial charge in [-0.05, 0) is 30.3 Å². The van der Waals surface area contributed by atoms with Gasteiger partial charge in [-0.1, -0.05) is 27.5 Å². The third kappa shape index (κ3) is 3.18. The summed E-state index contributed by atoms with van der Waals surface area (Å²) in [4.78, 5) is 17.8. The number of benzene rings is 1. The number of likely N-dealkylation sites (tertiary alicyclic amines) is 1. The van der Waals surface area contributed by atoms with E-state index in [4.69, 9.17) is 22.1 Å². The zero-order chi connectivity index (χ0) is 15.7. The zero-order valence-electron chi connectivity index (χ0n) is 11.5. The lowest BCUT2D eigenvalue weighted by Crippen LogP contribution is -2.56. The maximum Gasteiger partial charge on any atom is 0.255 e. The second-order valence-electron chi connectivity index (χ2n) is 4.99. The van der Waals surface area contributed by atoms with Crippen LogP contribution in [0.5, 0.6) is 5.75 Å². The van der Waals surface area contributed by atoms with Gasteiger partial charge in [0.05, 0.1) is 23.7 Å². The van der Waals surface area contributed by atoms with Gasteiger partial charge in [-0.25, -0.2) is 4.98 Å². The molecule has 1 fully saturated rings. The lowest BCUT2D eigenvalue weighted by Gasteiger charge is -2.39. The summed E-state index contributed by atoms with van der Waals surface area (Å²) in [6.45, 7) is 1.08. The molecule has 1 saturated heterocycles. The highest BCUT2D eigenvalue weighted by Crippen LogP contribution is 2.23. The largest absolute Gasteiger partial charge is 0.487 e. The Hall–Kier alpha value is -1.79. The molecule has 1 aliphatic heterocycles. The van der Waals surface area contributed by atoms with Crippen LogP contribution in [0.15, 0.2) is 41.0 Å². The average molecular weight is 383 g/mol. The second kappa shape index (κ2) is 6.14. The Morgan fingerprint density at radius 1 is 1.36 bits per heavy atom. The molecule has 2 N–H and O–H groups in total. The molecule has 0 spiro atoms. The van der Waals surface area contributed by atoms with E-state index in [1.807, 2.05) is 24.3 Å². The minimum absolute atomic E-state index is 0.00217. The number of carbonyl (C=O) groups is 1. The van der Waals surface area contributed by atoms with Crippen LogP contribution in [-0.2, 0) is 0 Å². The van der Waals surface area contributed by atoms with E-state index in [0.29, 0.717) is 18.7 Å². The molecular weight excluding hydrogens is 370 g/mol. The van der Waals surface area contributed by atoms with Crippen LogP contribution in [0.25, 0.3) is 0 Å². The molecule has 22 heavy (non-hydrogen) atoms. The van der Waals surface area contributed by atoms with Crippen molar-refractivity contribution in [3.05, 3.63) is 51.6 Å². The lowest BCUT2D eigenvalue weighted by molar-refractivity contribution is 0.0177. The molecule has 0 bridgehead atoms. The molecule has 0 unspecified atom stereocenters. The van der Waals surface area contributed by atoms with Crippen LogP contribution in [0.2, 0.25) is 5.02 Å². The number of rotatable bonds is 3. The third-order valence-electron chi connectivity index (χ3n) is 3.37. The number of ether oxygens (including phenoxy) is 1. The molecule has 0 saturated carbocycles. The van der Waals surface area contributed by atoms with Gasteiger partial charge in [-0.15, -0.1) is 0 Å². The number of amides is 1. The van der Waals surface area contributed by atoms with Crippen molar-refractivity contribution in [1.29, 1.82) is 0 Å². The first kappa shape index (κ1) is 15.1. The van der Waals surface area contributed by atoms with Crippen molar-refractivity contribution < 1.29 is 9.53 Å². The predicted molar refractivity (Wildman–Crippen MR) is 88.1 cm³/mol. The summed E-state index contributed by atoms with van der Waals surface area (Å²) in [6.07, 6.45) is 1.44. The summed E-state index contributed by atoms with van der Waals surface area (Å²) in [6, 6.07) is 9.14. The molecule has 3 rings (SSSR count). The van der Waals surface area contributed by atoms with Crippen molar-refractivity contribution in [1.82, 2.24) is 9.88 Å². The Balaban J connectivity index is 1.57. The molecular formula is C15H13BrClN3O2. The van der Waals surface area contributed by atoms with Crippen molar-refractivity contribution in [3.63, 3.8) is 0 Å². The van der Waals surface area contributed by atoms with E-state index >= 15 is 0 Å². The first-order chi connectivity index (χ1) is 10.5. The van der Waals surface area contributed by atoms with E-state index in [1.165, 1.54) is 12.3 Å². The normalized spacial score (nSPS) is 14.5. The molecule has 2 heterocycles. The maximum absolute atomic E-state index is 12.3. The monoisotopic (exact) mass is 381 g/mol. The van der Waals surface area contributed by atoms with E-state index in [9.17, 15) is 4.79 Å². The molecule has 7 heteroatoms. The van der Waals surface area contributed by atoms with Crippen LogP contribution in [0.1, 0.15) is 10.4 Å². The van der Waals surface area contributed by atoms with Crippen molar-refractivity contribution in [2.45, 2.75) is 6.10 Å². The van der Waals surface area contributed by atoms with Gasteiger partial charge in [-0.3, -0.25) is 4.79 Å². The minimum atomic E-state index is -0.120. The van der Waals surface area contributed by atoms with E-state index in [1.54, 1.807) is 4.90 Å². The molecule has 1 aromatic carbocycles. The summed E-state index contributed by atoms with van der Waals surface area (Å²) in [7, 11) is 0. The zero-order valence-corrected chi connectivity index (χ0v) is 13.8. The highest BCUT2D eigenvalue weighted by molar-refractivity contribution is 9.10. The highest BCUT2D eigenvalue weighted by Gasteiger charge is 2.33. The summed E-state index contributed by atoms with van der Waals surface area (Å²) >= 11 is 9.26. The van der Waals surface area contributed by atoms with Gasteiger partial charge in [0.2, 0.25) is 0 Å². The number of pyridine rings is 1. The molecule has 0 radical (unpaired) electrons. The maximum atomic E-state index is 12.3. The minimum Gasteiger partial charge on any atom is -0.487 e. The Morgan fingerprint density at radius 2 is 2.05 bits per heavy atom. The number of nitrogens with two attached hydrogens (primary N) is 1. The standard InChI is InChI=1S/C15H13BrClN3O2/c16-10-1-3-11(4-2-10)22-12-7-20(8-12)15(21)9-5-13(17)14(18)19-6-9/h1-6,12H,7-8H2,(H2,18,19). The Labute approximate surface area is 141 Å². The summed E-state index contributed by atoms with van der Waals surface area (Å²) in [5.74, 6) is 0.890. The molecule has 5 nitrogen and oxygen atoms in total. The Morgan fingerprint density at radius 3 is 2.68 bits per heavy atom. The SMILES string of the molecule is Nc1ncc(C(=O)N2CC(Oc3ccc(Br)cc3)C2)cc1Cl. The Kier molecular flexibility index (Phi) is 4.22. The van der Waals surface area contributed by atoms with Crippen molar-refractivity contribution in [2.75, 3.05) is 18.8 Å². The topological polar surface area (TPSA) is 68.5 Å². The van der Waals surface area contributed by atoms with Gasteiger partial charge in [0.15, 0.2) is 0 Å². The van der Waals surface area contributed by atoms with Gasteiger partial charge >= 0.3 is 0 Å². The van der Waals surface area contributed by atoms with Crippen LogP contribution in [-0.4, -0.2) is 35.0 Å². The van der Waals surface area contributed by atoms with E-state index in [0.717, 1.165) is 10.2 Å². The number of nitrogen functional groups attached to an aromatic ring is 1. The second-order valence-corrected chi connectivity index (χ2v) is 6.32. The van der Waals surface area contributed by atoms with Crippen LogP contribution >= 0.6 is 27.5 Å². The fourth-order valence-corrected chi connectivity index (χ4v) is 2.56. The van der Waals surface area contributed by atoms with Gasteiger partial charge in [0, 0.05) is 10.7 Å². The molecule has 2 aromatic rings. The van der Waals surface area contributed by atoms with Crippen LogP contribution in [0.4, 0.5) is 5.82 Å². The molecule has 1 aliphatic rings. The fourth-order valence-electron chi connectivity index (χ4n) is 2.13. The van der Waals surface area contributed by atoms with Crippen LogP contribution in [0, 0.1) is 0 Å². The van der Waals surface area contributed by atoms with Gasteiger partial charge in [0.1, 0.15) is 17.7 Å². The van der Waals surface area contributed by atoms with Gasteiger partial charge in [-0.2, -0.15) is 0 Å². The first-order valence-corrected chi connectivity index (χ1v) is 7.82. The predicted octanol–water partition coefficient (Wildman–Crippen LogP) is 2.98. The van der Waals surface area contributed by atoms with Crippen LogP contribution in [0.3, 0.4) is 0 Å². The van der Waals surface area contributed by atoms with E-state index in [-0.39, 0.29) is 22.9 Å². The number of halogens is 2. The van der Waals surface area contributed by atoms with Crippen LogP contribution < -0.4 is 10.5 Å². The third-order valence-corrected chi connectivity index (χ3v) is 4.20. The molecule has 1 aromatic heterocycles. The molecule has 0 aliphatic carbocycles. The highest BCUT2D eigenvalue weighted by atomic mass is 79.9. The first-order valence-electron chi connectivity index (χ1n) is 6.65. The molecule has 114 valence electrons.